The second kappa shape index (κ2) is 4.74. The number of aryl methyl sites for hydroxylation is 1. The zero-order valence-electron chi connectivity index (χ0n) is 9.90. The quantitative estimate of drug-likeness (QED) is 0.828. The normalized spacial score (nSPS) is 12.1. The van der Waals surface area contributed by atoms with Gasteiger partial charge in [-0.1, -0.05) is 0 Å². The van der Waals surface area contributed by atoms with Crippen molar-refractivity contribution in [2.75, 3.05) is 6.54 Å². The third-order valence-corrected chi connectivity index (χ3v) is 2.83. The van der Waals surface area contributed by atoms with Gasteiger partial charge in [0.2, 0.25) is 0 Å². The number of hydrogen-bond acceptors (Lipinski definition) is 1. The lowest BCUT2D eigenvalue weighted by Crippen LogP contribution is -2.51. The van der Waals surface area contributed by atoms with Crippen LogP contribution in [0.4, 0.5) is 8.78 Å². The first-order valence-corrected chi connectivity index (χ1v) is 5.94. The molecule has 0 saturated heterocycles. The Balaban J connectivity index is 2.45. The minimum atomic E-state index is -3.69. The van der Waals surface area contributed by atoms with Crippen LogP contribution in [-0.2, 0) is 6.42 Å². The Kier molecular flexibility index (Phi) is 3.45. The molecule has 2 rings (SSSR count). The molecule has 0 saturated carbocycles. The van der Waals surface area contributed by atoms with Crippen molar-refractivity contribution in [3.63, 3.8) is 0 Å². The number of fused-ring (bicyclic) bond motifs is 1. The molecule has 0 radical (unpaired) electrons. The van der Waals surface area contributed by atoms with Crippen molar-refractivity contribution >= 4 is 22.5 Å². The van der Waals surface area contributed by atoms with Crippen LogP contribution in [0.3, 0.4) is 0 Å². The Morgan fingerprint density at radius 2 is 2.17 bits per heavy atom. The van der Waals surface area contributed by atoms with Crippen LogP contribution in [0.1, 0.15) is 11.3 Å². The van der Waals surface area contributed by atoms with E-state index in [1.807, 2.05) is 6.92 Å². The SMILES string of the molecule is Cc1[nH]c2ccc(OC(F)(F)Cl)cc2c1CC[NH3+]. The van der Waals surface area contributed by atoms with Crippen molar-refractivity contribution < 1.29 is 19.3 Å². The van der Waals surface area contributed by atoms with Crippen LogP contribution in [-0.4, -0.2) is 17.1 Å². The minimum Gasteiger partial charge on any atom is -0.420 e. The van der Waals surface area contributed by atoms with E-state index in [4.69, 9.17) is 11.6 Å². The first-order chi connectivity index (χ1) is 8.40. The highest BCUT2D eigenvalue weighted by molar-refractivity contribution is 6.20. The van der Waals surface area contributed by atoms with E-state index >= 15 is 0 Å². The van der Waals surface area contributed by atoms with Crippen molar-refractivity contribution in [1.82, 2.24) is 4.98 Å². The molecule has 0 fully saturated rings. The van der Waals surface area contributed by atoms with Gasteiger partial charge in [-0.15, -0.1) is 8.78 Å². The van der Waals surface area contributed by atoms with E-state index in [2.05, 4.69) is 15.5 Å². The van der Waals surface area contributed by atoms with Gasteiger partial charge in [0, 0.05) is 34.6 Å². The van der Waals surface area contributed by atoms with Crippen molar-refractivity contribution in [2.45, 2.75) is 18.9 Å². The summed E-state index contributed by atoms with van der Waals surface area (Å²) in [5.41, 5.74) is 3.09. The third kappa shape index (κ3) is 2.73. The Morgan fingerprint density at radius 3 is 2.78 bits per heavy atom. The molecule has 1 heterocycles. The second-order valence-electron chi connectivity index (χ2n) is 4.09. The molecule has 0 atom stereocenters. The van der Waals surface area contributed by atoms with E-state index in [0.29, 0.717) is 0 Å². The van der Waals surface area contributed by atoms with Gasteiger partial charge < -0.3 is 15.5 Å². The number of ether oxygens (including phenoxy) is 1. The van der Waals surface area contributed by atoms with Gasteiger partial charge >= 0.3 is 5.57 Å². The number of nitrogens with one attached hydrogen (secondary N) is 1. The van der Waals surface area contributed by atoms with Gasteiger partial charge in [-0.3, -0.25) is 0 Å². The predicted octanol–water partition coefficient (Wildman–Crippen LogP) is 2.43. The van der Waals surface area contributed by atoms with Gasteiger partial charge in [0.05, 0.1) is 6.54 Å². The van der Waals surface area contributed by atoms with Crippen molar-refractivity contribution in [2.24, 2.45) is 0 Å². The summed E-state index contributed by atoms with van der Waals surface area (Å²) in [6.07, 6.45) is 0.784. The van der Waals surface area contributed by atoms with E-state index in [0.717, 1.165) is 35.1 Å². The molecule has 0 amide bonds. The summed E-state index contributed by atoms with van der Waals surface area (Å²) in [6, 6.07) is 4.73. The molecule has 0 spiro atoms. The summed E-state index contributed by atoms with van der Waals surface area (Å²) < 4.78 is 29.5. The van der Waals surface area contributed by atoms with E-state index < -0.39 is 5.57 Å². The molecule has 4 N–H and O–H groups in total. The van der Waals surface area contributed by atoms with Gasteiger partial charge in [0.1, 0.15) is 5.75 Å². The molecule has 0 aliphatic heterocycles. The average molecular weight is 276 g/mol. The van der Waals surface area contributed by atoms with Gasteiger partial charge in [-0.05, 0) is 30.7 Å². The molecule has 0 bridgehead atoms. The van der Waals surface area contributed by atoms with E-state index in [1.54, 1.807) is 12.1 Å². The zero-order chi connectivity index (χ0) is 13.3. The lowest BCUT2D eigenvalue weighted by atomic mass is 10.1. The summed E-state index contributed by atoms with van der Waals surface area (Å²) in [7, 11) is 0. The standard InChI is InChI=1S/C12H13ClF2N2O/c1-7-9(4-5-16)10-6-8(18-12(13,14)15)2-3-11(10)17-7/h2-3,6,17H,4-5,16H2,1H3/p+1. The summed E-state index contributed by atoms with van der Waals surface area (Å²) in [5, 5.41) is 0.870. The Labute approximate surface area is 108 Å². The van der Waals surface area contributed by atoms with Crippen LogP contribution < -0.4 is 10.5 Å². The molecule has 18 heavy (non-hydrogen) atoms. The number of H-pyrrole nitrogens is 1. The summed E-state index contributed by atoms with van der Waals surface area (Å²) in [4.78, 5) is 3.20. The van der Waals surface area contributed by atoms with Gasteiger partial charge in [-0.25, -0.2) is 0 Å². The van der Waals surface area contributed by atoms with Crippen molar-refractivity contribution in [3.8, 4) is 5.75 Å². The molecular weight excluding hydrogens is 262 g/mol. The lowest BCUT2D eigenvalue weighted by Gasteiger charge is -2.10. The van der Waals surface area contributed by atoms with Crippen LogP contribution in [0.15, 0.2) is 18.2 Å². The fraction of sp³-hybridized carbons (Fsp3) is 0.333. The molecule has 3 nitrogen and oxygen atoms in total. The summed E-state index contributed by atoms with van der Waals surface area (Å²) in [5.74, 6) is 0.0480. The molecule has 98 valence electrons. The molecule has 1 aromatic carbocycles. The highest BCUT2D eigenvalue weighted by atomic mass is 35.5. The molecule has 0 aliphatic rings. The molecule has 6 heteroatoms. The van der Waals surface area contributed by atoms with E-state index in [9.17, 15) is 8.78 Å². The van der Waals surface area contributed by atoms with Crippen LogP contribution in [0.25, 0.3) is 10.9 Å². The Morgan fingerprint density at radius 1 is 1.44 bits per heavy atom. The zero-order valence-corrected chi connectivity index (χ0v) is 10.7. The largest absolute Gasteiger partial charge is 0.487 e. The average Bonchev–Trinajstić information content (AvgIpc) is 2.54. The highest BCUT2D eigenvalue weighted by Crippen LogP contribution is 2.30. The van der Waals surface area contributed by atoms with Crippen LogP contribution >= 0.6 is 11.6 Å². The maximum absolute atomic E-state index is 12.6. The van der Waals surface area contributed by atoms with E-state index in [-0.39, 0.29) is 5.75 Å². The summed E-state index contributed by atoms with van der Waals surface area (Å²) >= 11 is 4.75. The number of aromatic amines is 1. The highest BCUT2D eigenvalue weighted by Gasteiger charge is 2.27. The number of alkyl halides is 3. The van der Waals surface area contributed by atoms with Crippen LogP contribution in [0.2, 0.25) is 0 Å². The maximum atomic E-state index is 12.6. The third-order valence-electron chi connectivity index (χ3n) is 2.75. The molecule has 0 aliphatic carbocycles. The molecule has 0 unspecified atom stereocenters. The predicted molar refractivity (Wildman–Crippen MR) is 65.9 cm³/mol. The van der Waals surface area contributed by atoms with Gasteiger partial charge in [0.25, 0.3) is 0 Å². The first kappa shape index (κ1) is 13.1. The summed E-state index contributed by atoms with van der Waals surface area (Å²) in [6.45, 7) is 2.69. The molecule has 2 aromatic rings. The number of rotatable bonds is 4. The fourth-order valence-corrected chi connectivity index (χ4v) is 2.15. The number of aromatic nitrogens is 1. The first-order valence-electron chi connectivity index (χ1n) is 5.57. The lowest BCUT2D eigenvalue weighted by molar-refractivity contribution is -0.366. The van der Waals surface area contributed by atoms with Gasteiger partial charge in [0.15, 0.2) is 0 Å². The number of quaternary nitrogens is 1. The molecular formula is C12H14ClF2N2O+. The maximum Gasteiger partial charge on any atom is 0.487 e. The second-order valence-corrected chi connectivity index (χ2v) is 4.53. The number of benzene rings is 1. The van der Waals surface area contributed by atoms with Crippen LogP contribution in [0, 0.1) is 6.92 Å². The fourth-order valence-electron chi connectivity index (χ4n) is 2.06. The monoisotopic (exact) mass is 275 g/mol. The minimum absolute atomic E-state index is 0.0480. The van der Waals surface area contributed by atoms with Crippen LogP contribution in [0.5, 0.6) is 5.75 Å². The Bertz CT molecular complexity index is 563. The number of halogens is 3. The van der Waals surface area contributed by atoms with Crippen molar-refractivity contribution in [1.29, 1.82) is 0 Å². The topological polar surface area (TPSA) is 52.7 Å². The number of hydrogen-bond donors (Lipinski definition) is 2. The van der Waals surface area contributed by atoms with Gasteiger partial charge in [-0.2, -0.15) is 0 Å². The smallest absolute Gasteiger partial charge is 0.420 e. The van der Waals surface area contributed by atoms with Crippen molar-refractivity contribution in [3.05, 3.63) is 29.5 Å². The molecule has 1 aromatic heterocycles. The Hall–Kier alpha value is -1.33. The van der Waals surface area contributed by atoms with E-state index in [1.165, 1.54) is 6.07 Å².